The van der Waals surface area contributed by atoms with Gasteiger partial charge in [-0.3, -0.25) is 4.98 Å². The summed E-state index contributed by atoms with van der Waals surface area (Å²) in [5.41, 5.74) is 3.78. The van der Waals surface area contributed by atoms with E-state index in [1.54, 1.807) is 0 Å². The highest BCUT2D eigenvalue weighted by atomic mass is 79.9. The van der Waals surface area contributed by atoms with Gasteiger partial charge in [0.15, 0.2) is 0 Å². The lowest BCUT2D eigenvalue weighted by molar-refractivity contribution is 0.670. The van der Waals surface area contributed by atoms with Crippen molar-refractivity contribution in [3.8, 4) is 11.3 Å². The zero-order valence-electron chi connectivity index (χ0n) is 13.9. The van der Waals surface area contributed by atoms with Crippen LogP contribution in [0.25, 0.3) is 33.2 Å². The molecule has 0 aliphatic carbocycles. The summed E-state index contributed by atoms with van der Waals surface area (Å²) >= 11 is 3.63. The zero-order valence-corrected chi connectivity index (χ0v) is 16.5. The lowest BCUT2D eigenvalue weighted by Gasteiger charge is -2.16. The molecule has 0 saturated carbocycles. The predicted octanol–water partition coefficient (Wildman–Crippen LogP) is 5.96. The van der Waals surface area contributed by atoms with Gasteiger partial charge in [-0.15, -0.1) is 0 Å². The highest BCUT2D eigenvalue weighted by Crippen LogP contribution is 2.37. The maximum atomic E-state index is 6.14. The Morgan fingerprint density at radius 1 is 0.958 bits per heavy atom. The fraction of sp³-hybridized carbons (Fsp3) is 0.150. The third kappa shape index (κ3) is 2.60. The van der Waals surface area contributed by atoms with Crippen molar-refractivity contribution in [2.24, 2.45) is 0 Å². The molecule has 0 aliphatic rings. The van der Waals surface area contributed by atoms with Crippen LogP contribution in [-0.2, 0) is 0 Å². The molecule has 0 aliphatic heterocycles. The molecule has 0 radical (unpaired) electrons. The standard InChI is InChI=1S/C20H18BrNOSi/c1-24(2,3)14-8-9-18(22-12-14)17-11-13(21)10-16-15-6-4-5-7-19(15)23-20(16)17/h4-12H,1-3H3. The van der Waals surface area contributed by atoms with Crippen molar-refractivity contribution in [2.45, 2.75) is 19.6 Å². The van der Waals surface area contributed by atoms with Crippen molar-refractivity contribution in [3.05, 3.63) is 59.2 Å². The van der Waals surface area contributed by atoms with Crippen LogP contribution in [0.1, 0.15) is 0 Å². The molecule has 2 heterocycles. The molecule has 2 aromatic carbocycles. The van der Waals surface area contributed by atoms with Gasteiger partial charge >= 0.3 is 0 Å². The second-order valence-electron chi connectivity index (χ2n) is 7.11. The molecular formula is C20H18BrNOSi. The quantitative estimate of drug-likeness (QED) is 0.391. The Kier molecular flexibility index (Phi) is 3.62. The first-order chi connectivity index (χ1) is 11.4. The fourth-order valence-corrected chi connectivity index (χ4v) is 4.47. The Balaban J connectivity index is 1.96. The molecule has 2 nitrogen and oxygen atoms in total. The van der Waals surface area contributed by atoms with Crippen LogP contribution in [-0.4, -0.2) is 13.1 Å². The van der Waals surface area contributed by atoms with Gasteiger partial charge < -0.3 is 4.42 Å². The zero-order chi connectivity index (χ0) is 16.9. The van der Waals surface area contributed by atoms with E-state index < -0.39 is 8.07 Å². The molecular weight excluding hydrogens is 378 g/mol. The molecule has 0 fully saturated rings. The number of hydrogen-bond donors (Lipinski definition) is 0. The minimum absolute atomic E-state index is 0.896. The molecule has 4 aromatic rings. The molecule has 0 amide bonds. The predicted molar refractivity (Wildman–Crippen MR) is 108 cm³/mol. The number of halogens is 1. The average Bonchev–Trinajstić information content (AvgIpc) is 2.92. The lowest BCUT2D eigenvalue weighted by atomic mass is 10.1. The van der Waals surface area contributed by atoms with Gasteiger partial charge in [0.25, 0.3) is 0 Å². The van der Waals surface area contributed by atoms with Crippen molar-refractivity contribution in [3.63, 3.8) is 0 Å². The van der Waals surface area contributed by atoms with Crippen LogP contribution in [0.15, 0.2) is 63.6 Å². The summed E-state index contributed by atoms with van der Waals surface area (Å²) in [6.07, 6.45) is 2.02. The van der Waals surface area contributed by atoms with E-state index in [0.717, 1.165) is 37.7 Å². The highest BCUT2D eigenvalue weighted by molar-refractivity contribution is 9.10. The van der Waals surface area contributed by atoms with Crippen LogP contribution in [0.5, 0.6) is 0 Å². The van der Waals surface area contributed by atoms with Crippen molar-refractivity contribution in [1.29, 1.82) is 0 Å². The summed E-state index contributed by atoms with van der Waals surface area (Å²) in [6.45, 7) is 7.00. The normalized spacial score (nSPS) is 12.2. The van der Waals surface area contributed by atoms with Gasteiger partial charge in [0.1, 0.15) is 11.2 Å². The van der Waals surface area contributed by atoms with Gasteiger partial charge in [-0.1, -0.05) is 59.8 Å². The maximum absolute atomic E-state index is 6.14. The van der Waals surface area contributed by atoms with E-state index in [1.165, 1.54) is 5.19 Å². The molecule has 0 N–H and O–H groups in total. The van der Waals surface area contributed by atoms with E-state index in [0.29, 0.717) is 0 Å². The smallest absolute Gasteiger partial charge is 0.144 e. The Morgan fingerprint density at radius 3 is 2.46 bits per heavy atom. The van der Waals surface area contributed by atoms with Gasteiger partial charge in [0.2, 0.25) is 0 Å². The topological polar surface area (TPSA) is 26.0 Å². The molecule has 0 bridgehead atoms. The van der Waals surface area contributed by atoms with Gasteiger partial charge in [0.05, 0.1) is 13.8 Å². The van der Waals surface area contributed by atoms with E-state index in [-0.39, 0.29) is 0 Å². The number of para-hydroxylation sites is 1. The second-order valence-corrected chi connectivity index (χ2v) is 13.1. The first-order valence-corrected chi connectivity index (χ1v) is 12.3. The van der Waals surface area contributed by atoms with Crippen molar-refractivity contribution >= 4 is 51.1 Å². The van der Waals surface area contributed by atoms with E-state index in [9.17, 15) is 0 Å². The Morgan fingerprint density at radius 2 is 1.75 bits per heavy atom. The average molecular weight is 396 g/mol. The summed E-state index contributed by atoms with van der Waals surface area (Å²) in [6, 6.07) is 16.7. The van der Waals surface area contributed by atoms with Crippen LogP contribution in [0.2, 0.25) is 19.6 Å². The number of fused-ring (bicyclic) bond motifs is 3. The summed E-state index contributed by atoms with van der Waals surface area (Å²) in [4.78, 5) is 4.73. The van der Waals surface area contributed by atoms with Crippen LogP contribution in [0.4, 0.5) is 0 Å². The molecule has 120 valence electrons. The summed E-state index contributed by atoms with van der Waals surface area (Å²) in [7, 11) is -1.34. The van der Waals surface area contributed by atoms with Crippen molar-refractivity contribution in [1.82, 2.24) is 4.98 Å². The molecule has 24 heavy (non-hydrogen) atoms. The van der Waals surface area contributed by atoms with Crippen molar-refractivity contribution in [2.75, 3.05) is 0 Å². The Bertz CT molecular complexity index is 1050. The molecule has 0 saturated heterocycles. The Labute approximate surface area is 150 Å². The molecule has 0 unspecified atom stereocenters. The number of benzene rings is 2. The number of aromatic nitrogens is 1. The summed E-state index contributed by atoms with van der Waals surface area (Å²) < 4.78 is 7.17. The third-order valence-electron chi connectivity index (χ3n) is 4.35. The first kappa shape index (κ1) is 15.6. The molecule has 4 heteroatoms. The molecule has 4 rings (SSSR count). The number of rotatable bonds is 2. The number of hydrogen-bond acceptors (Lipinski definition) is 2. The third-order valence-corrected chi connectivity index (χ3v) is 6.83. The molecule has 0 spiro atoms. The van der Waals surface area contributed by atoms with Gasteiger partial charge in [-0.25, -0.2) is 0 Å². The van der Waals surface area contributed by atoms with Gasteiger partial charge in [-0.05, 0) is 29.5 Å². The minimum Gasteiger partial charge on any atom is -0.455 e. The number of nitrogens with zero attached hydrogens (tertiary/aromatic N) is 1. The highest BCUT2D eigenvalue weighted by Gasteiger charge is 2.18. The largest absolute Gasteiger partial charge is 0.455 e. The number of furan rings is 1. The maximum Gasteiger partial charge on any atom is 0.144 e. The van der Waals surface area contributed by atoms with Crippen LogP contribution in [0, 0.1) is 0 Å². The van der Waals surface area contributed by atoms with E-state index in [1.807, 2.05) is 24.4 Å². The van der Waals surface area contributed by atoms with E-state index in [4.69, 9.17) is 9.40 Å². The van der Waals surface area contributed by atoms with Gasteiger partial charge in [0, 0.05) is 27.0 Å². The molecule has 0 atom stereocenters. The minimum atomic E-state index is -1.34. The van der Waals surface area contributed by atoms with E-state index >= 15 is 0 Å². The molecule has 2 aromatic heterocycles. The monoisotopic (exact) mass is 395 g/mol. The SMILES string of the molecule is C[Si](C)(C)c1ccc(-c2cc(Br)cc3c2oc2ccccc23)nc1. The second kappa shape index (κ2) is 5.57. The fourth-order valence-electron chi connectivity index (χ4n) is 2.98. The van der Waals surface area contributed by atoms with Crippen LogP contribution < -0.4 is 5.19 Å². The van der Waals surface area contributed by atoms with E-state index in [2.05, 4.69) is 65.9 Å². The van der Waals surface area contributed by atoms with Gasteiger partial charge in [-0.2, -0.15) is 0 Å². The Hall–Kier alpha value is -1.91. The van der Waals surface area contributed by atoms with Crippen LogP contribution in [0.3, 0.4) is 0 Å². The summed E-state index contributed by atoms with van der Waals surface area (Å²) in [5, 5.41) is 3.61. The number of pyridine rings is 1. The first-order valence-electron chi connectivity index (χ1n) is 8.01. The van der Waals surface area contributed by atoms with Crippen LogP contribution >= 0.6 is 15.9 Å². The van der Waals surface area contributed by atoms with Crippen molar-refractivity contribution < 1.29 is 4.42 Å². The lowest BCUT2D eigenvalue weighted by Crippen LogP contribution is -2.37. The summed E-state index contributed by atoms with van der Waals surface area (Å²) in [5.74, 6) is 0.